The molecule has 3 aliphatic rings. The number of benzene rings is 3. The number of ether oxygens (including phenoxy) is 1. The van der Waals surface area contributed by atoms with Crippen molar-refractivity contribution in [3.63, 3.8) is 0 Å². The highest BCUT2D eigenvalue weighted by atomic mass is 16.5. The largest absolute Gasteiger partial charge is 0.345 e. The van der Waals surface area contributed by atoms with E-state index in [-0.39, 0.29) is 5.60 Å². The second-order valence-electron chi connectivity index (χ2n) is 7.94. The average Bonchev–Trinajstić information content (AvgIpc) is 3.25. The van der Waals surface area contributed by atoms with Crippen LogP contribution in [0.3, 0.4) is 0 Å². The lowest BCUT2D eigenvalue weighted by Crippen LogP contribution is -2.36. The van der Waals surface area contributed by atoms with Gasteiger partial charge in [-0.1, -0.05) is 91.0 Å². The molecule has 3 unspecified atom stereocenters. The number of fused-ring (bicyclic) bond motifs is 8. The maximum Gasteiger partial charge on any atom is 0.142 e. The number of hydrogen-bond acceptors (Lipinski definition) is 1. The van der Waals surface area contributed by atoms with Gasteiger partial charge in [0.25, 0.3) is 0 Å². The Morgan fingerprint density at radius 3 is 2.07 bits per heavy atom. The van der Waals surface area contributed by atoms with Gasteiger partial charge >= 0.3 is 0 Å². The summed E-state index contributed by atoms with van der Waals surface area (Å²) in [6, 6.07) is 30.6. The lowest BCUT2D eigenvalue weighted by atomic mass is 9.61. The Balaban J connectivity index is 1.73. The molecular formula is C26H22O. The molecule has 0 saturated carbocycles. The van der Waals surface area contributed by atoms with E-state index in [1.165, 1.54) is 40.7 Å². The maximum atomic E-state index is 7.27. The molecule has 1 saturated heterocycles. The third-order valence-corrected chi connectivity index (χ3v) is 6.74. The summed E-state index contributed by atoms with van der Waals surface area (Å²) in [6.07, 6.45) is 6.04. The van der Waals surface area contributed by atoms with Gasteiger partial charge in [-0.25, -0.2) is 0 Å². The molecule has 3 aromatic rings. The number of hydrogen-bond donors (Lipinski definition) is 0. The predicted octanol–water partition coefficient (Wildman–Crippen LogP) is 5.94. The highest BCUT2D eigenvalue weighted by molar-refractivity contribution is 5.64. The van der Waals surface area contributed by atoms with Crippen LogP contribution >= 0.6 is 0 Å². The minimum atomic E-state index is -0.446. The first kappa shape index (κ1) is 15.4. The standard InChI is InChI=1S/C26H22O/c1-3-11-19(12-4-1)25-21-15-7-9-17-23(21)26(27-25,20-13-5-2-6-14-20)24-18-10-8-16-22(24)25/h1-7,9,11-17,24H,8,10,18H2. The summed E-state index contributed by atoms with van der Waals surface area (Å²) < 4.78 is 7.27. The third-order valence-electron chi connectivity index (χ3n) is 6.74. The van der Waals surface area contributed by atoms with Crippen LogP contribution in [0.1, 0.15) is 41.5 Å². The SMILES string of the molecule is C1=C2C(CCC1)C1(c3ccccc3)OC2(c2ccccc2)c2ccccc21. The fraction of sp³-hybridized carbons (Fsp3) is 0.231. The molecule has 0 radical (unpaired) electrons. The Morgan fingerprint density at radius 1 is 0.704 bits per heavy atom. The first-order chi connectivity index (χ1) is 13.4. The van der Waals surface area contributed by atoms with Gasteiger partial charge in [-0.3, -0.25) is 0 Å². The molecule has 6 rings (SSSR count). The lowest BCUT2D eigenvalue weighted by molar-refractivity contribution is -0.0481. The van der Waals surface area contributed by atoms with Crippen LogP contribution in [0.15, 0.2) is 96.6 Å². The van der Waals surface area contributed by atoms with Crippen LogP contribution < -0.4 is 0 Å². The van der Waals surface area contributed by atoms with E-state index in [1.54, 1.807) is 0 Å². The van der Waals surface area contributed by atoms with E-state index < -0.39 is 5.60 Å². The quantitative estimate of drug-likeness (QED) is 0.519. The van der Waals surface area contributed by atoms with Gasteiger partial charge in [0, 0.05) is 5.92 Å². The Hall–Kier alpha value is -2.64. The van der Waals surface area contributed by atoms with Gasteiger partial charge in [0.05, 0.1) is 0 Å². The Morgan fingerprint density at radius 2 is 1.33 bits per heavy atom. The molecule has 0 amide bonds. The molecule has 132 valence electrons. The van der Waals surface area contributed by atoms with E-state index in [1.807, 2.05) is 0 Å². The van der Waals surface area contributed by atoms with E-state index in [9.17, 15) is 0 Å². The highest BCUT2D eigenvalue weighted by Crippen LogP contribution is 2.69. The van der Waals surface area contributed by atoms with Crippen molar-refractivity contribution in [3.05, 3.63) is 119 Å². The summed E-state index contributed by atoms with van der Waals surface area (Å²) in [6.45, 7) is 0. The van der Waals surface area contributed by atoms with Crippen molar-refractivity contribution in [2.24, 2.45) is 5.92 Å². The first-order valence-corrected chi connectivity index (χ1v) is 9.99. The number of rotatable bonds is 2. The van der Waals surface area contributed by atoms with E-state index >= 15 is 0 Å². The zero-order chi connectivity index (χ0) is 17.9. The van der Waals surface area contributed by atoms with Gasteiger partial charge in [0.2, 0.25) is 0 Å². The van der Waals surface area contributed by atoms with Gasteiger partial charge in [-0.2, -0.15) is 0 Å². The van der Waals surface area contributed by atoms with Gasteiger partial charge in [-0.05, 0) is 47.1 Å². The van der Waals surface area contributed by atoms with Crippen molar-refractivity contribution in [1.29, 1.82) is 0 Å². The zero-order valence-electron chi connectivity index (χ0n) is 15.3. The normalized spacial score (nSPS) is 30.5. The smallest absolute Gasteiger partial charge is 0.142 e. The van der Waals surface area contributed by atoms with Crippen LogP contribution in [0, 0.1) is 5.92 Å². The zero-order valence-corrected chi connectivity index (χ0v) is 15.3. The molecule has 2 aliphatic heterocycles. The summed E-state index contributed by atoms with van der Waals surface area (Å²) in [5.41, 5.74) is 5.87. The van der Waals surface area contributed by atoms with E-state index in [2.05, 4.69) is 91.0 Å². The third kappa shape index (κ3) is 1.78. The molecule has 27 heavy (non-hydrogen) atoms. The molecular weight excluding hydrogens is 328 g/mol. The first-order valence-electron chi connectivity index (χ1n) is 9.99. The van der Waals surface area contributed by atoms with Crippen LogP contribution in [-0.2, 0) is 15.9 Å². The summed E-state index contributed by atoms with van der Waals surface area (Å²) >= 11 is 0. The summed E-state index contributed by atoms with van der Waals surface area (Å²) in [5.74, 6) is 0.406. The van der Waals surface area contributed by atoms with Crippen molar-refractivity contribution in [2.75, 3.05) is 0 Å². The Bertz CT molecular complexity index is 1040. The van der Waals surface area contributed by atoms with Crippen LogP contribution in [0.2, 0.25) is 0 Å². The molecule has 1 nitrogen and oxygen atoms in total. The molecule has 2 bridgehead atoms. The van der Waals surface area contributed by atoms with Crippen molar-refractivity contribution >= 4 is 0 Å². The van der Waals surface area contributed by atoms with Crippen molar-refractivity contribution in [1.82, 2.24) is 0 Å². The predicted molar refractivity (Wildman–Crippen MR) is 107 cm³/mol. The van der Waals surface area contributed by atoms with Gasteiger partial charge < -0.3 is 4.74 Å². The van der Waals surface area contributed by atoms with Gasteiger partial charge in [-0.15, -0.1) is 0 Å². The van der Waals surface area contributed by atoms with Crippen LogP contribution in [0.4, 0.5) is 0 Å². The minimum absolute atomic E-state index is 0.375. The summed E-state index contributed by atoms with van der Waals surface area (Å²) in [7, 11) is 0. The summed E-state index contributed by atoms with van der Waals surface area (Å²) in [4.78, 5) is 0. The molecule has 0 aromatic heterocycles. The van der Waals surface area contributed by atoms with Crippen LogP contribution in [0.25, 0.3) is 0 Å². The van der Waals surface area contributed by atoms with Crippen molar-refractivity contribution in [2.45, 2.75) is 30.5 Å². The van der Waals surface area contributed by atoms with E-state index in [0.29, 0.717) is 5.92 Å². The van der Waals surface area contributed by atoms with Gasteiger partial charge in [0.1, 0.15) is 11.2 Å². The summed E-state index contributed by atoms with van der Waals surface area (Å²) in [5, 5.41) is 0. The number of allylic oxidation sites excluding steroid dienone is 1. The van der Waals surface area contributed by atoms with Gasteiger partial charge in [0.15, 0.2) is 0 Å². The van der Waals surface area contributed by atoms with Crippen LogP contribution in [0.5, 0.6) is 0 Å². The topological polar surface area (TPSA) is 9.23 Å². The molecule has 3 aromatic carbocycles. The molecule has 3 atom stereocenters. The monoisotopic (exact) mass is 350 g/mol. The molecule has 1 aliphatic carbocycles. The molecule has 2 heterocycles. The molecule has 1 heteroatoms. The highest BCUT2D eigenvalue weighted by Gasteiger charge is 2.68. The molecule has 0 N–H and O–H groups in total. The van der Waals surface area contributed by atoms with Crippen molar-refractivity contribution in [3.8, 4) is 0 Å². The van der Waals surface area contributed by atoms with E-state index in [0.717, 1.165) is 6.42 Å². The molecule has 0 spiro atoms. The molecule has 1 fully saturated rings. The second-order valence-corrected chi connectivity index (χ2v) is 7.94. The minimum Gasteiger partial charge on any atom is -0.345 e. The fourth-order valence-corrected chi connectivity index (χ4v) is 5.78. The lowest BCUT2D eigenvalue weighted by Gasteiger charge is -2.39. The Kier molecular flexibility index (Phi) is 3.10. The Labute approximate surface area is 160 Å². The van der Waals surface area contributed by atoms with Crippen LogP contribution in [-0.4, -0.2) is 0 Å². The fourth-order valence-electron chi connectivity index (χ4n) is 5.78. The van der Waals surface area contributed by atoms with Crippen molar-refractivity contribution < 1.29 is 4.74 Å². The second kappa shape index (κ2) is 5.43. The average molecular weight is 350 g/mol. The van der Waals surface area contributed by atoms with E-state index in [4.69, 9.17) is 4.74 Å². The maximum absolute atomic E-state index is 7.27.